The molecule has 0 N–H and O–H groups in total. The molecule has 140 valence electrons. The molecule has 0 saturated heterocycles. The molecule has 0 aliphatic heterocycles. The zero-order valence-corrected chi connectivity index (χ0v) is 14.3. The fraction of sp³-hybridized carbons (Fsp3) is 0.188. The molecule has 2 aromatic rings. The summed E-state index contributed by atoms with van der Waals surface area (Å²) in [6.07, 6.45) is 0.194. The minimum atomic E-state index is -5.91. The predicted octanol–water partition coefficient (Wildman–Crippen LogP) is 3.41. The van der Waals surface area contributed by atoms with Crippen molar-refractivity contribution in [2.75, 3.05) is 14.2 Å². The normalized spacial score (nSPS) is 11.7. The van der Waals surface area contributed by atoms with Gasteiger partial charge in [0, 0.05) is 0 Å². The lowest BCUT2D eigenvalue weighted by molar-refractivity contribution is -0.0500. The smallest absolute Gasteiger partial charge is 0.493 e. The van der Waals surface area contributed by atoms with Gasteiger partial charge in [0.05, 0.1) is 19.8 Å². The van der Waals surface area contributed by atoms with Crippen molar-refractivity contribution in [2.24, 2.45) is 0 Å². The highest BCUT2D eigenvalue weighted by molar-refractivity contribution is 7.88. The van der Waals surface area contributed by atoms with Crippen LogP contribution in [0.25, 0.3) is 11.1 Å². The maximum Gasteiger partial charge on any atom is 0.534 e. The average Bonchev–Trinajstić information content (AvgIpc) is 2.59. The minimum Gasteiger partial charge on any atom is -0.493 e. The van der Waals surface area contributed by atoms with Crippen molar-refractivity contribution in [1.82, 2.24) is 0 Å². The van der Waals surface area contributed by atoms with Crippen LogP contribution in [0.4, 0.5) is 13.2 Å². The first-order chi connectivity index (χ1) is 12.1. The van der Waals surface area contributed by atoms with Gasteiger partial charge in [0.15, 0.2) is 23.5 Å². The highest BCUT2D eigenvalue weighted by atomic mass is 32.2. The topological polar surface area (TPSA) is 78.9 Å². The van der Waals surface area contributed by atoms with Crippen LogP contribution in [-0.2, 0) is 10.1 Å². The Bertz CT molecular complexity index is 922. The SMILES string of the molecule is COc1ccc(-c2ccc(C=O)c(OS(=O)(=O)C(F)(F)F)c2)cc1OC. The summed E-state index contributed by atoms with van der Waals surface area (Å²) in [7, 11) is -3.07. The van der Waals surface area contributed by atoms with Crippen molar-refractivity contribution < 1.29 is 40.0 Å². The number of hydrogen-bond acceptors (Lipinski definition) is 6. The minimum absolute atomic E-state index is 0.194. The van der Waals surface area contributed by atoms with E-state index in [1.807, 2.05) is 0 Å². The van der Waals surface area contributed by atoms with Crippen LogP contribution in [0.5, 0.6) is 17.2 Å². The van der Waals surface area contributed by atoms with Crippen LogP contribution in [0.3, 0.4) is 0 Å². The lowest BCUT2D eigenvalue weighted by Gasteiger charge is -2.13. The number of hydrogen-bond donors (Lipinski definition) is 0. The third-order valence-corrected chi connectivity index (χ3v) is 4.31. The van der Waals surface area contributed by atoms with Gasteiger partial charge in [-0.1, -0.05) is 12.1 Å². The number of carbonyl (C=O) groups is 1. The van der Waals surface area contributed by atoms with Crippen LogP contribution in [0.2, 0.25) is 0 Å². The van der Waals surface area contributed by atoms with E-state index in [0.717, 1.165) is 12.1 Å². The van der Waals surface area contributed by atoms with Crippen molar-refractivity contribution >= 4 is 16.4 Å². The van der Waals surface area contributed by atoms with Crippen molar-refractivity contribution in [3.8, 4) is 28.4 Å². The zero-order valence-electron chi connectivity index (χ0n) is 13.5. The van der Waals surface area contributed by atoms with Gasteiger partial charge in [-0.2, -0.15) is 21.6 Å². The number of rotatable bonds is 6. The molecule has 0 amide bonds. The van der Waals surface area contributed by atoms with Gasteiger partial charge in [0.2, 0.25) is 0 Å². The van der Waals surface area contributed by atoms with E-state index in [1.165, 1.54) is 26.4 Å². The van der Waals surface area contributed by atoms with Gasteiger partial charge in [0.1, 0.15) is 0 Å². The molecule has 0 aromatic heterocycles. The molecule has 0 heterocycles. The van der Waals surface area contributed by atoms with Gasteiger partial charge in [0.25, 0.3) is 0 Å². The van der Waals surface area contributed by atoms with E-state index in [0.29, 0.717) is 22.6 Å². The van der Waals surface area contributed by atoms with Crippen LogP contribution in [0.15, 0.2) is 36.4 Å². The molecule has 0 radical (unpaired) electrons. The highest BCUT2D eigenvalue weighted by Crippen LogP contribution is 2.35. The molecule has 0 saturated carbocycles. The second kappa shape index (κ2) is 7.24. The molecule has 10 heteroatoms. The van der Waals surface area contributed by atoms with Crippen LogP contribution >= 0.6 is 0 Å². The van der Waals surface area contributed by atoms with Crippen molar-refractivity contribution in [3.05, 3.63) is 42.0 Å². The van der Waals surface area contributed by atoms with Gasteiger partial charge >= 0.3 is 15.6 Å². The Hall–Kier alpha value is -2.75. The standard InChI is InChI=1S/C16H13F3O6S/c1-23-13-6-5-11(8-15(13)24-2)10-3-4-12(9-20)14(7-10)25-26(21,22)16(17,18)19/h3-9H,1-2H3. The number of alkyl halides is 3. The fourth-order valence-corrected chi connectivity index (χ4v) is 2.54. The van der Waals surface area contributed by atoms with Gasteiger partial charge in [-0.25, -0.2) is 0 Å². The second-order valence-electron chi connectivity index (χ2n) is 4.92. The van der Waals surface area contributed by atoms with E-state index in [2.05, 4.69) is 4.18 Å². The molecule has 0 unspecified atom stereocenters. The Labute approximate surface area is 147 Å². The summed E-state index contributed by atoms with van der Waals surface area (Å²) in [5, 5.41) is 0. The molecule has 0 aliphatic carbocycles. The van der Waals surface area contributed by atoms with E-state index in [-0.39, 0.29) is 11.8 Å². The summed E-state index contributed by atoms with van der Waals surface area (Å²) in [5.74, 6) is 0.0522. The van der Waals surface area contributed by atoms with Crippen molar-refractivity contribution in [2.45, 2.75) is 5.51 Å². The summed E-state index contributed by atoms with van der Waals surface area (Å²) in [5.41, 5.74) is -5.17. The Morgan fingerprint density at radius 2 is 1.42 bits per heavy atom. The second-order valence-corrected chi connectivity index (χ2v) is 6.46. The van der Waals surface area contributed by atoms with Gasteiger partial charge in [-0.3, -0.25) is 4.79 Å². The number of aldehydes is 1. The monoisotopic (exact) mass is 390 g/mol. The molecule has 0 fully saturated rings. The number of carbonyl (C=O) groups excluding carboxylic acids is 1. The summed E-state index contributed by atoms with van der Waals surface area (Å²) in [6.45, 7) is 0. The highest BCUT2D eigenvalue weighted by Gasteiger charge is 2.48. The summed E-state index contributed by atoms with van der Waals surface area (Å²) in [6, 6.07) is 8.29. The van der Waals surface area contributed by atoms with E-state index in [1.54, 1.807) is 12.1 Å². The third-order valence-electron chi connectivity index (χ3n) is 3.34. The largest absolute Gasteiger partial charge is 0.534 e. The van der Waals surface area contributed by atoms with Gasteiger partial charge in [-0.05, 0) is 35.4 Å². The third kappa shape index (κ3) is 3.90. The number of halogens is 3. The molecule has 0 atom stereocenters. The molecule has 2 rings (SSSR count). The molecule has 0 bridgehead atoms. The van der Waals surface area contributed by atoms with Crippen molar-refractivity contribution in [1.29, 1.82) is 0 Å². The van der Waals surface area contributed by atoms with E-state index in [4.69, 9.17) is 9.47 Å². The number of ether oxygens (including phenoxy) is 2. The molecule has 2 aromatic carbocycles. The molecule has 0 spiro atoms. The Morgan fingerprint density at radius 3 is 1.92 bits per heavy atom. The summed E-state index contributed by atoms with van der Waals surface area (Å²) in [4.78, 5) is 11.0. The van der Waals surface area contributed by atoms with Crippen LogP contribution in [0.1, 0.15) is 10.4 Å². The lowest BCUT2D eigenvalue weighted by atomic mass is 10.0. The van der Waals surface area contributed by atoms with Crippen LogP contribution in [0, 0.1) is 0 Å². The quantitative estimate of drug-likeness (QED) is 0.427. The fourth-order valence-electron chi connectivity index (χ4n) is 2.06. The van der Waals surface area contributed by atoms with Crippen LogP contribution < -0.4 is 13.7 Å². The Morgan fingerprint density at radius 1 is 0.885 bits per heavy atom. The molecule has 26 heavy (non-hydrogen) atoms. The van der Waals surface area contributed by atoms with Crippen molar-refractivity contribution in [3.63, 3.8) is 0 Å². The molecule has 6 nitrogen and oxygen atoms in total. The lowest BCUT2D eigenvalue weighted by Crippen LogP contribution is -2.28. The van der Waals surface area contributed by atoms with Gasteiger partial charge in [-0.15, -0.1) is 0 Å². The maximum absolute atomic E-state index is 12.5. The Balaban J connectivity index is 2.52. The molecular formula is C16H13F3O6S. The van der Waals surface area contributed by atoms with E-state index < -0.39 is 21.4 Å². The number of benzene rings is 2. The van der Waals surface area contributed by atoms with E-state index in [9.17, 15) is 26.4 Å². The zero-order chi connectivity index (χ0) is 19.5. The predicted molar refractivity (Wildman–Crippen MR) is 86.0 cm³/mol. The first-order valence-corrected chi connectivity index (χ1v) is 8.36. The summed E-state index contributed by atoms with van der Waals surface area (Å²) < 4.78 is 74.4. The van der Waals surface area contributed by atoms with Crippen LogP contribution in [-0.4, -0.2) is 34.4 Å². The van der Waals surface area contributed by atoms with E-state index >= 15 is 0 Å². The molecule has 0 aliphatic rings. The Kier molecular flexibility index (Phi) is 5.45. The first kappa shape index (κ1) is 19.6. The molecular weight excluding hydrogens is 377 g/mol. The summed E-state index contributed by atoms with van der Waals surface area (Å²) >= 11 is 0. The number of methoxy groups -OCH3 is 2. The average molecular weight is 390 g/mol. The maximum atomic E-state index is 12.5. The first-order valence-electron chi connectivity index (χ1n) is 6.95. The van der Waals surface area contributed by atoms with Gasteiger partial charge < -0.3 is 13.7 Å².